The molecule has 1 unspecified atom stereocenters. The van der Waals surface area contributed by atoms with E-state index in [0.29, 0.717) is 5.11 Å². The molecule has 96 valence electrons. The van der Waals surface area contributed by atoms with Crippen molar-refractivity contribution in [2.24, 2.45) is 0 Å². The van der Waals surface area contributed by atoms with Gasteiger partial charge in [0, 0.05) is 5.69 Å². The highest BCUT2D eigenvalue weighted by Crippen LogP contribution is 2.38. The SMILES string of the molecule is OC1N(c2ccccc2)C(=S)NC12CCCCC2. The first-order chi connectivity index (χ1) is 8.73. The van der Waals surface area contributed by atoms with E-state index in [9.17, 15) is 5.11 Å². The molecule has 1 aromatic rings. The summed E-state index contributed by atoms with van der Waals surface area (Å²) in [5, 5.41) is 14.7. The van der Waals surface area contributed by atoms with Gasteiger partial charge in [-0.15, -0.1) is 0 Å². The molecule has 2 fully saturated rings. The van der Waals surface area contributed by atoms with E-state index < -0.39 is 6.23 Å². The van der Waals surface area contributed by atoms with Gasteiger partial charge in [-0.25, -0.2) is 0 Å². The molecule has 1 saturated heterocycles. The summed E-state index contributed by atoms with van der Waals surface area (Å²) in [5.41, 5.74) is 0.732. The number of para-hydroxylation sites is 1. The second-order valence-electron chi connectivity index (χ2n) is 5.23. The summed E-state index contributed by atoms with van der Waals surface area (Å²) >= 11 is 5.41. The van der Waals surface area contributed by atoms with Crippen molar-refractivity contribution in [2.45, 2.75) is 43.9 Å². The lowest BCUT2D eigenvalue weighted by Crippen LogP contribution is -2.51. The minimum absolute atomic E-state index is 0.231. The highest BCUT2D eigenvalue weighted by atomic mass is 32.1. The van der Waals surface area contributed by atoms with Gasteiger partial charge in [-0.3, -0.25) is 4.90 Å². The topological polar surface area (TPSA) is 35.5 Å². The molecule has 0 amide bonds. The maximum atomic E-state index is 10.7. The minimum Gasteiger partial charge on any atom is -0.371 e. The third kappa shape index (κ3) is 1.80. The highest BCUT2D eigenvalue weighted by molar-refractivity contribution is 7.80. The summed E-state index contributed by atoms with van der Waals surface area (Å²) in [7, 11) is 0. The predicted octanol–water partition coefficient (Wildman–Crippen LogP) is 2.40. The number of aliphatic hydroxyl groups is 1. The maximum absolute atomic E-state index is 10.7. The standard InChI is InChI=1S/C14H18N2OS/c17-12-14(9-5-2-6-10-14)15-13(18)16(12)11-7-3-1-4-8-11/h1,3-4,7-8,12,17H,2,5-6,9-10H2,(H,15,18). The molecule has 1 aromatic carbocycles. The molecule has 1 atom stereocenters. The average molecular weight is 262 g/mol. The molecule has 1 spiro atoms. The van der Waals surface area contributed by atoms with Gasteiger partial charge in [0.2, 0.25) is 0 Å². The number of benzene rings is 1. The van der Waals surface area contributed by atoms with Crippen molar-refractivity contribution in [3.63, 3.8) is 0 Å². The van der Waals surface area contributed by atoms with E-state index in [0.717, 1.165) is 31.4 Å². The van der Waals surface area contributed by atoms with Crippen molar-refractivity contribution < 1.29 is 5.11 Å². The second-order valence-corrected chi connectivity index (χ2v) is 5.61. The number of nitrogens with one attached hydrogen (secondary N) is 1. The zero-order valence-corrected chi connectivity index (χ0v) is 11.1. The predicted molar refractivity (Wildman–Crippen MR) is 76.5 cm³/mol. The molecule has 3 rings (SSSR count). The summed E-state index contributed by atoms with van der Waals surface area (Å²) in [6.45, 7) is 0. The molecule has 3 nitrogen and oxygen atoms in total. The Labute approximate surface area is 113 Å². The molecule has 0 aromatic heterocycles. The Morgan fingerprint density at radius 3 is 2.50 bits per heavy atom. The van der Waals surface area contributed by atoms with Gasteiger partial charge < -0.3 is 10.4 Å². The normalized spacial score (nSPS) is 26.4. The Bertz CT molecular complexity index is 442. The quantitative estimate of drug-likeness (QED) is 0.762. The fourth-order valence-corrected chi connectivity index (χ4v) is 3.52. The molecular weight excluding hydrogens is 244 g/mol. The van der Waals surface area contributed by atoms with Gasteiger partial charge in [-0.1, -0.05) is 37.5 Å². The van der Waals surface area contributed by atoms with Crippen LogP contribution in [-0.2, 0) is 0 Å². The van der Waals surface area contributed by atoms with Crippen molar-refractivity contribution in [1.82, 2.24) is 5.32 Å². The van der Waals surface area contributed by atoms with Crippen LogP contribution in [0.3, 0.4) is 0 Å². The first kappa shape index (κ1) is 11.9. The van der Waals surface area contributed by atoms with Gasteiger partial charge in [0.15, 0.2) is 11.3 Å². The van der Waals surface area contributed by atoms with Crippen LogP contribution in [-0.4, -0.2) is 22.0 Å². The summed E-state index contributed by atoms with van der Waals surface area (Å²) < 4.78 is 0. The summed E-state index contributed by atoms with van der Waals surface area (Å²) in [4.78, 5) is 1.85. The van der Waals surface area contributed by atoms with Gasteiger partial charge in [-0.2, -0.15) is 0 Å². The number of hydrogen-bond donors (Lipinski definition) is 2. The smallest absolute Gasteiger partial charge is 0.176 e. The van der Waals surface area contributed by atoms with Crippen molar-refractivity contribution in [1.29, 1.82) is 0 Å². The highest BCUT2D eigenvalue weighted by Gasteiger charge is 2.49. The van der Waals surface area contributed by atoms with Crippen molar-refractivity contribution in [3.8, 4) is 0 Å². The zero-order chi connectivity index (χ0) is 12.6. The van der Waals surface area contributed by atoms with Crippen LogP contribution in [0.2, 0.25) is 0 Å². The van der Waals surface area contributed by atoms with E-state index in [1.165, 1.54) is 6.42 Å². The van der Waals surface area contributed by atoms with E-state index in [-0.39, 0.29) is 5.54 Å². The molecule has 1 aliphatic carbocycles. The van der Waals surface area contributed by atoms with E-state index in [2.05, 4.69) is 5.32 Å². The molecule has 1 aliphatic heterocycles. The van der Waals surface area contributed by atoms with Crippen LogP contribution in [0, 0.1) is 0 Å². The van der Waals surface area contributed by atoms with Crippen molar-refractivity contribution >= 4 is 23.0 Å². The Hall–Kier alpha value is -1.13. The maximum Gasteiger partial charge on any atom is 0.176 e. The molecule has 4 heteroatoms. The molecule has 2 aliphatic rings. The van der Waals surface area contributed by atoms with Crippen LogP contribution < -0.4 is 10.2 Å². The van der Waals surface area contributed by atoms with Gasteiger partial charge in [0.25, 0.3) is 0 Å². The largest absolute Gasteiger partial charge is 0.371 e. The van der Waals surface area contributed by atoms with Crippen LogP contribution in [0.25, 0.3) is 0 Å². The summed E-state index contributed by atoms with van der Waals surface area (Å²) in [5.74, 6) is 0. The minimum atomic E-state index is -0.548. The Kier molecular flexibility index (Phi) is 2.99. The van der Waals surface area contributed by atoms with E-state index in [1.807, 2.05) is 35.2 Å². The van der Waals surface area contributed by atoms with Crippen LogP contribution >= 0.6 is 12.2 Å². The second kappa shape index (κ2) is 4.52. The number of anilines is 1. The molecule has 18 heavy (non-hydrogen) atoms. The summed E-state index contributed by atoms with van der Waals surface area (Å²) in [6, 6.07) is 9.88. The van der Waals surface area contributed by atoms with Gasteiger partial charge in [0.05, 0.1) is 5.54 Å². The average Bonchev–Trinajstić information content (AvgIpc) is 2.63. The lowest BCUT2D eigenvalue weighted by molar-refractivity contribution is 0.0719. The molecule has 2 N–H and O–H groups in total. The van der Waals surface area contributed by atoms with Crippen LogP contribution in [0.1, 0.15) is 32.1 Å². The van der Waals surface area contributed by atoms with Gasteiger partial charge >= 0.3 is 0 Å². The van der Waals surface area contributed by atoms with Gasteiger partial charge in [0.1, 0.15) is 0 Å². The lowest BCUT2D eigenvalue weighted by Gasteiger charge is -2.36. The Balaban J connectivity index is 1.91. The Morgan fingerprint density at radius 1 is 1.17 bits per heavy atom. The van der Waals surface area contributed by atoms with Crippen LogP contribution in [0.4, 0.5) is 5.69 Å². The number of thiocarbonyl (C=S) groups is 1. The van der Waals surface area contributed by atoms with E-state index >= 15 is 0 Å². The zero-order valence-electron chi connectivity index (χ0n) is 10.3. The number of hydrogen-bond acceptors (Lipinski definition) is 2. The fraction of sp³-hybridized carbons (Fsp3) is 0.500. The molecule has 0 radical (unpaired) electrons. The first-order valence-electron chi connectivity index (χ1n) is 6.57. The van der Waals surface area contributed by atoms with Crippen LogP contribution in [0.15, 0.2) is 30.3 Å². The van der Waals surface area contributed by atoms with Crippen molar-refractivity contribution in [2.75, 3.05) is 4.90 Å². The van der Waals surface area contributed by atoms with Crippen molar-refractivity contribution in [3.05, 3.63) is 30.3 Å². The summed E-state index contributed by atoms with van der Waals surface area (Å²) in [6.07, 6.45) is 5.03. The molecule has 0 bridgehead atoms. The number of nitrogens with zero attached hydrogens (tertiary/aromatic N) is 1. The molecule has 1 heterocycles. The molecular formula is C14H18N2OS. The third-order valence-electron chi connectivity index (χ3n) is 4.09. The fourth-order valence-electron chi connectivity index (χ4n) is 3.11. The molecule has 1 saturated carbocycles. The van der Waals surface area contributed by atoms with E-state index in [4.69, 9.17) is 12.2 Å². The van der Waals surface area contributed by atoms with E-state index in [1.54, 1.807) is 0 Å². The lowest BCUT2D eigenvalue weighted by atomic mass is 9.81. The first-order valence-corrected chi connectivity index (χ1v) is 6.98. The monoisotopic (exact) mass is 262 g/mol. The Morgan fingerprint density at radius 2 is 1.83 bits per heavy atom. The van der Waals surface area contributed by atoms with Gasteiger partial charge in [-0.05, 0) is 37.2 Å². The third-order valence-corrected chi connectivity index (χ3v) is 4.39. The number of rotatable bonds is 1. The number of aliphatic hydroxyl groups excluding tert-OH is 1. The van der Waals surface area contributed by atoms with Crippen LogP contribution in [0.5, 0.6) is 0 Å².